The predicted octanol–water partition coefficient (Wildman–Crippen LogP) is 3.95. The van der Waals surface area contributed by atoms with Gasteiger partial charge < -0.3 is 5.32 Å². The Bertz CT molecular complexity index is 797. The van der Waals surface area contributed by atoms with E-state index in [0.717, 1.165) is 10.5 Å². The Kier molecular flexibility index (Phi) is 4.41. The lowest BCUT2D eigenvalue weighted by Gasteiger charge is -2.25. The number of carbonyl (C=O) groups excluding carboxylic acids is 2. The van der Waals surface area contributed by atoms with E-state index in [0.29, 0.717) is 16.5 Å². The summed E-state index contributed by atoms with van der Waals surface area (Å²) < 4.78 is 14.7. The minimum Gasteiger partial charge on any atom is -0.319 e. The molecule has 0 unspecified atom stereocenters. The number of hydrogen-bond donors (Lipinski definition) is 1. The van der Waals surface area contributed by atoms with Crippen molar-refractivity contribution in [3.05, 3.63) is 69.9 Å². The van der Waals surface area contributed by atoms with Crippen LogP contribution in [0, 0.1) is 5.82 Å². The summed E-state index contributed by atoms with van der Waals surface area (Å²) in [6.45, 7) is 1.74. The molecule has 0 radical (unpaired) electrons. The molecule has 0 saturated carbocycles. The molecule has 1 heterocycles. The standard InChI is InChI=1S/C18H16BrFN2O2/c1-2-18(13-6-4-3-5-7-13)16(23)22(17(24)21-18)11-12-8-9-14(19)10-15(12)20/h3-10H,2,11H2,1H3,(H,21,24)/t18-/m0/s1. The third kappa shape index (κ3) is 2.71. The highest BCUT2D eigenvalue weighted by atomic mass is 79.9. The molecule has 3 rings (SSSR count). The van der Waals surface area contributed by atoms with E-state index in [4.69, 9.17) is 0 Å². The number of imide groups is 1. The molecule has 1 aliphatic rings. The second-order valence-corrected chi connectivity index (χ2v) is 6.60. The highest BCUT2D eigenvalue weighted by Crippen LogP contribution is 2.33. The number of nitrogens with zero attached hydrogens (tertiary/aromatic N) is 1. The number of nitrogens with one attached hydrogen (secondary N) is 1. The zero-order valence-electron chi connectivity index (χ0n) is 13.1. The smallest absolute Gasteiger partial charge is 0.319 e. The Morgan fingerprint density at radius 3 is 2.50 bits per heavy atom. The number of rotatable bonds is 4. The van der Waals surface area contributed by atoms with Gasteiger partial charge in [-0.3, -0.25) is 9.69 Å². The van der Waals surface area contributed by atoms with Crippen molar-refractivity contribution < 1.29 is 14.0 Å². The first-order valence-corrected chi connectivity index (χ1v) is 8.41. The lowest BCUT2D eigenvalue weighted by atomic mass is 9.87. The van der Waals surface area contributed by atoms with Gasteiger partial charge in [0.1, 0.15) is 11.4 Å². The summed E-state index contributed by atoms with van der Waals surface area (Å²) in [6, 6.07) is 13.2. The molecule has 0 bridgehead atoms. The third-order valence-electron chi connectivity index (χ3n) is 4.32. The first-order valence-electron chi connectivity index (χ1n) is 7.61. The molecular formula is C18H16BrFN2O2. The van der Waals surface area contributed by atoms with Gasteiger partial charge in [0.15, 0.2) is 0 Å². The first-order chi connectivity index (χ1) is 11.5. The van der Waals surface area contributed by atoms with E-state index < -0.39 is 17.4 Å². The molecule has 24 heavy (non-hydrogen) atoms. The van der Waals surface area contributed by atoms with Crippen LogP contribution in [0.1, 0.15) is 24.5 Å². The summed E-state index contributed by atoms with van der Waals surface area (Å²) in [7, 11) is 0. The van der Waals surface area contributed by atoms with Crippen molar-refractivity contribution in [3.8, 4) is 0 Å². The molecule has 6 heteroatoms. The maximum Gasteiger partial charge on any atom is 0.325 e. The van der Waals surface area contributed by atoms with Gasteiger partial charge in [-0.15, -0.1) is 0 Å². The highest BCUT2D eigenvalue weighted by molar-refractivity contribution is 9.10. The fraction of sp³-hybridized carbons (Fsp3) is 0.222. The van der Waals surface area contributed by atoms with Crippen molar-refractivity contribution in [1.82, 2.24) is 10.2 Å². The molecule has 3 amide bonds. The molecule has 1 aliphatic heterocycles. The summed E-state index contributed by atoms with van der Waals surface area (Å²) >= 11 is 3.19. The van der Waals surface area contributed by atoms with Gasteiger partial charge in [0.25, 0.3) is 5.91 Å². The molecule has 1 atom stereocenters. The van der Waals surface area contributed by atoms with Crippen LogP contribution in [-0.4, -0.2) is 16.8 Å². The van der Waals surface area contributed by atoms with Crippen LogP contribution in [-0.2, 0) is 16.9 Å². The molecule has 0 aliphatic carbocycles. The number of halogens is 2. The molecule has 1 fully saturated rings. The average molecular weight is 391 g/mol. The summed E-state index contributed by atoms with van der Waals surface area (Å²) in [4.78, 5) is 26.4. The molecule has 0 spiro atoms. The van der Waals surface area contributed by atoms with Crippen LogP contribution in [0.2, 0.25) is 0 Å². The van der Waals surface area contributed by atoms with Crippen molar-refractivity contribution in [2.75, 3.05) is 0 Å². The third-order valence-corrected chi connectivity index (χ3v) is 4.81. The molecule has 4 nitrogen and oxygen atoms in total. The molecule has 2 aromatic carbocycles. The van der Waals surface area contributed by atoms with Crippen molar-refractivity contribution in [3.63, 3.8) is 0 Å². The van der Waals surface area contributed by atoms with Crippen LogP contribution in [0.15, 0.2) is 53.0 Å². The van der Waals surface area contributed by atoms with E-state index in [9.17, 15) is 14.0 Å². The monoisotopic (exact) mass is 390 g/mol. The molecule has 1 N–H and O–H groups in total. The van der Waals surface area contributed by atoms with Gasteiger partial charge in [-0.1, -0.05) is 59.3 Å². The van der Waals surface area contributed by atoms with E-state index in [2.05, 4.69) is 21.2 Å². The second kappa shape index (κ2) is 6.36. The van der Waals surface area contributed by atoms with Crippen molar-refractivity contribution in [1.29, 1.82) is 0 Å². The Labute approximate surface area is 147 Å². The van der Waals surface area contributed by atoms with Crippen LogP contribution in [0.3, 0.4) is 0 Å². The number of amides is 3. The Morgan fingerprint density at radius 1 is 1.17 bits per heavy atom. The minimum atomic E-state index is -1.09. The minimum absolute atomic E-state index is 0.0988. The van der Waals surface area contributed by atoms with E-state index in [-0.39, 0.29) is 12.5 Å². The van der Waals surface area contributed by atoms with Crippen LogP contribution in [0.5, 0.6) is 0 Å². The van der Waals surface area contributed by atoms with Gasteiger partial charge in [-0.05, 0) is 24.1 Å². The summed E-state index contributed by atoms with van der Waals surface area (Å²) in [5.74, 6) is -0.817. The fourth-order valence-corrected chi connectivity index (χ4v) is 3.29. The van der Waals surface area contributed by atoms with Crippen molar-refractivity contribution >= 4 is 27.9 Å². The number of urea groups is 1. The lowest BCUT2D eigenvalue weighted by molar-refractivity contribution is -0.132. The van der Waals surface area contributed by atoms with Crippen LogP contribution in [0.4, 0.5) is 9.18 Å². The van der Waals surface area contributed by atoms with Gasteiger partial charge >= 0.3 is 6.03 Å². The van der Waals surface area contributed by atoms with E-state index >= 15 is 0 Å². The van der Waals surface area contributed by atoms with Gasteiger partial charge in [-0.25, -0.2) is 9.18 Å². The zero-order chi connectivity index (χ0) is 17.3. The average Bonchev–Trinajstić information content (AvgIpc) is 2.83. The summed E-state index contributed by atoms with van der Waals surface area (Å²) in [5, 5.41) is 2.79. The predicted molar refractivity (Wildman–Crippen MR) is 91.6 cm³/mol. The summed E-state index contributed by atoms with van der Waals surface area (Å²) in [6.07, 6.45) is 0.418. The van der Waals surface area contributed by atoms with Crippen LogP contribution < -0.4 is 5.32 Å². The highest BCUT2D eigenvalue weighted by Gasteiger charge is 2.51. The Hall–Kier alpha value is -2.21. The quantitative estimate of drug-likeness (QED) is 0.803. The van der Waals surface area contributed by atoms with Gasteiger partial charge in [0.05, 0.1) is 6.54 Å². The molecule has 124 valence electrons. The van der Waals surface area contributed by atoms with E-state index in [1.807, 2.05) is 37.3 Å². The maximum atomic E-state index is 14.1. The van der Waals surface area contributed by atoms with Gasteiger partial charge in [0.2, 0.25) is 0 Å². The number of carbonyl (C=O) groups is 2. The maximum absolute atomic E-state index is 14.1. The first kappa shape index (κ1) is 16.6. The van der Waals surface area contributed by atoms with Crippen LogP contribution >= 0.6 is 15.9 Å². The topological polar surface area (TPSA) is 49.4 Å². The SMILES string of the molecule is CC[C@@]1(c2ccccc2)NC(=O)N(Cc2ccc(Br)cc2F)C1=O. The Morgan fingerprint density at radius 2 is 1.88 bits per heavy atom. The van der Waals surface area contributed by atoms with E-state index in [1.165, 1.54) is 6.07 Å². The van der Waals surface area contributed by atoms with Gasteiger partial charge in [0, 0.05) is 10.0 Å². The van der Waals surface area contributed by atoms with Crippen molar-refractivity contribution in [2.45, 2.75) is 25.4 Å². The second-order valence-electron chi connectivity index (χ2n) is 5.68. The lowest BCUT2D eigenvalue weighted by Crippen LogP contribution is -2.43. The summed E-state index contributed by atoms with van der Waals surface area (Å²) in [5.41, 5.74) is -0.0734. The van der Waals surface area contributed by atoms with Crippen molar-refractivity contribution in [2.24, 2.45) is 0 Å². The molecule has 1 saturated heterocycles. The van der Waals surface area contributed by atoms with Crippen LogP contribution in [0.25, 0.3) is 0 Å². The molecule has 2 aromatic rings. The Balaban J connectivity index is 1.94. The fourth-order valence-electron chi connectivity index (χ4n) is 2.95. The number of benzene rings is 2. The normalized spacial score (nSPS) is 20.4. The molecular weight excluding hydrogens is 375 g/mol. The largest absolute Gasteiger partial charge is 0.325 e. The number of hydrogen-bond acceptors (Lipinski definition) is 2. The molecule has 0 aromatic heterocycles. The van der Waals surface area contributed by atoms with E-state index in [1.54, 1.807) is 12.1 Å². The van der Waals surface area contributed by atoms with Gasteiger partial charge in [-0.2, -0.15) is 0 Å². The zero-order valence-corrected chi connectivity index (χ0v) is 14.6.